The molecule has 6 heteroatoms. The lowest BCUT2D eigenvalue weighted by molar-refractivity contribution is 1.05. The summed E-state index contributed by atoms with van der Waals surface area (Å²) >= 11 is 1.45. The standard InChI is InChI=1S/C10H11N5S/c1-12-7-6-9(15-10(11)14-7)16-8-4-2-3-5-13-8/h2-6H,1H3,(H3,11,12,14,15). The first-order chi connectivity index (χ1) is 7.78. The fraction of sp³-hybridized carbons (Fsp3) is 0.100. The number of rotatable bonds is 3. The van der Waals surface area contributed by atoms with E-state index in [1.807, 2.05) is 24.3 Å². The molecule has 82 valence electrons. The molecular weight excluding hydrogens is 222 g/mol. The molecule has 2 heterocycles. The number of aromatic nitrogens is 3. The summed E-state index contributed by atoms with van der Waals surface area (Å²) in [5.41, 5.74) is 5.59. The summed E-state index contributed by atoms with van der Waals surface area (Å²) in [6, 6.07) is 7.55. The SMILES string of the molecule is CNc1cc(Sc2ccccn2)nc(N)n1. The smallest absolute Gasteiger partial charge is 0.223 e. The van der Waals surface area contributed by atoms with Crippen molar-refractivity contribution >= 4 is 23.5 Å². The molecule has 0 saturated carbocycles. The molecule has 3 N–H and O–H groups in total. The number of anilines is 2. The number of nitrogens with two attached hydrogens (primary N) is 1. The van der Waals surface area contributed by atoms with Crippen LogP contribution in [-0.2, 0) is 0 Å². The van der Waals surface area contributed by atoms with Crippen LogP contribution in [0.2, 0.25) is 0 Å². The second kappa shape index (κ2) is 4.80. The Hall–Kier alpha value is -1.82. The topological polar surface area (TPSA) is 76.7 Å². The highest BCUT2D eigenvalue weighted by molar-refractivity contribution is 7.99. The van der Waals surface area contributed by atoms with Gasteiger partial charge in [0, 0.05) is 19.3 Å². The minimum Gasteiger partial charge on any atom is -0.373 e. The number of nitrogens with one attached hydrogen (secondary N) is 1. The molecule has 0 saturated heterocycles. The lowest BCUT2D eigenvalue weighted by Crippen LogP contribution is -2.00. The van der Waals surface area contributed by atoms with Crippen LogP contribution in [0.25, 0.3) is 0 Å². The monoisotopic (exact) mass is 233 g/mol. The number of nitrogen functional groups attached to an aromatic ring is 1. The van der Waals surface area contributed by atoms with Gasteiger partial charge in [-0.25, -0.2) is 9.97 Å². The van der Waals surface area contributed by atoms with E-state index in [1.165, 1.54) is 11.8 Å². The Morgan fingerprint density at radius 2 is 2.12 bits per heavy atom. The summed E-state index contributed by atoms with van der Waals surface area (Å²) in [6.07, 6.45) is 1.74. The van der Waals surface area contributed by atoms with E-state index < -0.39 is 0 Å². The highest BCUT2D eigenvalue weighted by Gasteiger charge is 2.03. The van der Waals surface area contributed by atoms with Gasteiger partial charge in [-0.1, -0.05) is 6.07 Å². The summed E-state index contributed by atoms with van der Waals surface area (Å²) in [4.78, 5) is 12.3. The van der Waals surface area contributed by atoms with Crippen molar-refractivity contribution in [2.45, 2.75) is 10.1 Å². The molecule has 0 aromatic carbocycles. The summed E-state index contributed by atoms with van der Waals surface area (Å²) in [5, 5.41) is 4.58. The molecule has 0 spiro atoms. The van der Waals surface area contributed by atoms with Crippen LogP contribution >= 0.6 is 11.8 Å². The van der Waals surface area contributed by atoms with Gasteiger partial charge >= 0.3 is 0 Å². The highest BCUT2D eigenvalue weighted by atomic mass is 32.2. The van der Waals surface area contributed by atoms with Crippen molar-refractivity contribution in [2.24, 2.45) is 0 Å². The predicted molar refractivity (Wildman–Crippen MR) is 64.4 cm³/mol. The van der Waals surface area contributed by atoms with Crippen molar-refractivity contribution in [1.29, 1.82) is 0 Å². The van der Waals surface area contributed by atoms with Crippen LogP contribution in [0.5, 0.6) is 0 Å². The third kappa shape index (κ3) is 2.60. The molecule has 2 aromatic heterocycles. The fourth-order valence-corrected chi connectivity index (χ4v) is 1.92. The van der Waals surface area contributed by atoms with Gasteiger partial charge in [-0.15, -0.1) is 0 Å². The van der Waals surface area contributed by atoms with Gasteiger partial charge in [0.1, 0.15) is 15.9 Å². The van der Waals surface area contributed by atoms with E-state index in [0.29, 0.717) is 5.82 Å². The van der Waals surface area contributed by atoms with Crippen molar-refractivity contribution in [3.63, 3.8) is 0 Å². The molecule has 2 aromatic rings. The zero-order valence-electron chi connectivity index (χ0n) is 8.71. The van der Waals surface area contributed by atoms with Crippen LogP contribution in [0.1, 0.15) is 0 Å². The average Bonchev–Trinajstić information content (AvgIpc) is 2.29. The molecule has 0 unspecified atom stereocenters. The zero-order valence-corrected chi connectivity index (χ0v) is 9.53. The van der Waals surface area contributed by atoms with Crippen LogP contribution in [-0.4, -0.2) is 22.0 Å². The lowest BCUT2D eigenvalue weighted by atomic mass is 10.5. The van der Waals surface area contributed by atoms with Crippen LogP contribution in [0.4, 0.5) is 11.8 Å². The van der Waals surface area contributed by atoms with Gasteiger partial charge in [-0.2, -0.15) is 4.98 Å². The number of hydrogen-bond acceptors (Lipinski definition) is 6. The minimum absolute atomic E-state index is 0.255. The van der Waals surface area contributed by atoms with Gasteiger partial charge < -0.3 is 11.1 Å². The normalized spacial score (nSPS) is 10.1. The van der Waals surface area contributed by atoms with Gasteiger partial charge in [0.05, 0.1) is 0 Å². The summed E-state index contributed by atoms with van der Waals surface area (Å²) in [5.74, 6) is 0.955. The van der Waals surface area contributed by atoms with Crippen LogP contribution < -0.4 is 11.1 Å². The van der Waals surface area contributed by atoms with Crippen molar-refractivity contribution in [3.8, 4) is 0 Å². The maximum Gasteiger partial charge on any atom is 0.223 e. The Kier molecular flexibility index (Phi) is 3.21. The molecule has 0 atom stereocenters. The van der Waals surface area contributed by atoms with E-state index in [1.54, 1.807) is 13.2 Å². The maximum atomic E-state index is 5.59. The Bertz CT molecular complexity index is 474. The molecular formula is C10H11N5S. The summed E-state index contributed by atoms with van der Waals surface area (Å²) < 4.78 is 0. The first kappa shape index (κ1) is 10.7. The first-order valence-corrected chi connectivity index (χ1v) is 5.51. The molecule has 0 bridgehead atoms. The molecule has 5 nitrogen and oxygen atoms in total. The molecule has 0 amide bonds. The molecule has 0 aliphatic heterocycles. The van der Waals surface area contributed by atoms with E-state index in [9.17, 15) is 0 Å². The third-order valence-corrected chi connectivity index (χ3v) is 2.69. The first-order valence-electron chi connectivity index (χ1n) is 4.69. The van der Waals surface area contributed by atoms with E-state index in [0.717, 1.165) is 10.1 Å². The zero-order chi connectivity index (χ0) is 11.4. The molecule has 0 aliphatic rings. The van der Waals surface area contributed by atoms with Crippen molar-refractivity contribution < 1.29 is 0 Å². The number of nitrogens with zero attached hydrogens (tertiary/aromatic N) is 3. The second-order valence-electron chi connectivity index (χ2n) is 2.97. The third-order valence-electron chi connectivity index (χ3n) is 1.82. The largest absolute Gasteiger partial charge is 0.373 e. The highest BCUT2D eigenvalue weighted by Crippen LogP contribution is 2.25. The van der Waals surface area contributed by atoms with E-state index in [4.69, 9.17) is 5.73 Å². The van der Waals surface area contributed by atoms with E-state index in [-0.39, 0.29) is 5.95 Å². The van der Waals surface area contributed by atoms with Crippen LogP contribution in [0, 0.1) is 0 Å². The second-order valence-corrected chi connectivity index (χ2v) is 4.01. The van der Waals surface area contributed by atoms with Gasteiger partial charge in [0.25, 0.3) is 0 Å². The summed E-state index contributed by atoms with van der Waals surface area (Å²) in [7, 11) is 1.79. The van der Waals surface area contributed by atoms with Gasteiger partial charge in [-0.05, 0) is 23.9 Å². The quantitative estimate of drug-likeness (QED) is 0.785. The van der Waals surface area contributed by atoms with E-state index in [2.05, 4.69) is 20.3 Å². The van der Waals surface area contributed by atoms with Crippen LogP contribution in [0.15, 0.2) is 40.5 Å². The lowest BCUT2D eigenvalue weighted by Gasteiger charge is -2.04. The molecule has 0 fully saturated rings. The Balaban J connectivity index is 2.24. The van der Waals surface area contributed by atoms with Gasteiger partial charge in [-0.3, -0.25) is 0 Å². The maximum absolute atomic E-state index is 5.59. The average molecular weight is 233 g/mol. The predicted octanol–water partition coefficient (Wildman–Crippen LogP) is 1.65. The van der Waals surface area contributed by atoms with Crippen molar-refractivity contribution in [3.05, 3.63) is 30.5 Å². The Labute approximate surface area is 97.5 Å². The van der Waals surface area contributed by atoms with Crippen molar-refractivity contribution in [2.75, 3.05) is 18.1 Å². The molecule has 2 rings (SSSR count). The molecule has 0 radical (unpaired) electrons. The van der Waals surface area contributed by atoms with E-state index >= 15 is 0 Å². The number of hydrogen-bond donors (Lipinski definition) is 2. The van der Waals surface area contributed by atoms with Crippen molar-refractivity contribution in [1.82, 2.24) is 15.0 Å². The minimum atomic E-state index is 0.255. The Morgan fingerprint density at radius 3 is 2.81 bits per heavy atom. The summed E-state index contributed by atoms with van der Waals surface area (Å²) in [6.45, 7) is 0. The molecule has 16 heavy (non-hydrogen) atoms. The fourth-order valence-electron chi connectivity index (χ4n) is 1.14. The molecule has 0 aliphatic carbocycles. The van der Waals surface area contributed by atoms with Crippen LogP contribution in [0.3, 0.4) is 0 Å². The Morgan fingerprint density at radius 1 is 1.25 bits per heavy atom. The van der Waals surface area contributed by atoms with Gasteiger partial charge in [0.15, 0.2) is 0 Å². The number of pyridine rings is 1. The van der Waals surface area contributed by atoms with Gasteiger partial charge in [0.2, 0.25) is 5.95 Å².